The van der Waals surface area contributed by atoms with E-state index in [0.29, 0.717) is 5.56 Å². The first-order valence-electron chi connectivity index (χ1n) is 4.62. The Morgan fingerprint density at radius 3 is 2.65 bits per heavy atom. The molecule has 0 bridgehead atoms. The summed E-state index contributed by atoms with van der Waals surface area (Å²) in [5.74, 6) is -0.561. The summed E-state index contributed by atoms with van der Waals surface area (Å²) in [6.07, 6.45) is 0. The molecule has 0 aromatic heterocycles. The highest BCUT2D eigenvalue weighted by atomic mass is 32.2. The summed E-state index contributed by atoms with van der Waals surface area (Å²) in [6.45, 7) is -0.146. The zero-order valence-corrected chi connectivity index (χ0v) is 10.7. The fraction of sp³-hybridized carbons (Fsp3) is 0.222. The van der Waals surface area contributed by atoms with E-state index in [-0.39, 0.29) is 17.1 Å². The number of rotatable bonds is 5. The van der Waals surface area contributed by atoms with E-state index in [1.165, 1.54) is 25.2 Å². The van der Waals surface area contributed by atoms with E-state index in [2.05, 4.69) is 9.44 Å². The van der Waals surface area contributed by atoms with E-state index in [4.69, 9.17) is 18.0 Å². The lowest BCUT2D eigenvalue weighted by atomic mass is 10.1. The molecule has 0 saturated carbocycles. The van der Waals surface area contributed by atoms with Crippen LogP contribution in [0, 0.1) is 5.82 Å². The van der Waals surface area contributed by atoms with Gasteiger partial charge in [-0.2, -0.15) is 13.1 Å². The third kappa shape index (κ3) is 4.00. The van der Waals surface area contributed by atoms with Gasteiger partial charge in [0.15, 0.2) is 0 Å². The van der Waals surface area contributed by atoms with Crippen molar-refractivity contribution in [2.45, 2.75) is 6.54 Å². The lowest BCUT2D eigenvalue weighted by Gasteiger charge is -2.07. The quantitative estimate of drug-likeness (QED) is 0.662. The Morgan fingerprint density at radius 1 is 1.53 bits per heavy atom. The maximum absolute atomic E-state index is 13.5. The molecule has 0 heterocycles. The van der Waals surface area contributed by atoms with E-state index in [1.807, 2.05) is 0 Å². The van der Waals surface area contributed by atoms with Gasteiger partial charge in [0.05, 0.1) is 0 Å². The summed E-state index contributed by atoms with van der Waals surface area (Å²) in [5.41, 5.74) is 5.95. The van der Waals surface area contributed by atoms with Gasteiger partial charge in [0.2, 0.25) is 0 Å². The van der Waals surface area contributed by atoms with Crippen molar-refractivity contribution in [1.82, 2.24) is 9.44 Å². The van der Waals surface area contributed by atoms with Crippen LogP contribution in [0.4, 0.5) is 4.39 Å². The van der Waals surface area contributed by atoms with E-state index in [0.717, 1.165) is 0 Å². The number of hydrogen-bond donors (Lipinski definition) is 3. The van der Waals surface area contributed by atoms with E-state index < -0.39 is 16.0 Å². The highest BCUT2D eigenvalue weighted by Crippen LogP contribution is 2.10. The van der Waals surface area contributed by atoms with Crippen molar-refractivity contribution in [2.24, 2.45) is 5.73 Å². The molecule has 0 aliphatic carbocycles. The Balaban J connectivity index is 2.84. The Kier molecular flexibility index (Phi) is 4.52. The molecule has 8 heteroatoms. The van der Waals surface area contributed by atoms with E-state index in [1.54, 1.807) is 0 Å². The molecule has 5 nitrogen and oxygen atoms in total. The second-order valence-electron chi connectivity index (χ2n) is 3.20. The van der Waals surface area contributed by atoms with Crippen LogP contribution in [0.5, 0.6) is 0 Å². The van der Waals surface area contributed by atoms with Crippen LogP contribution in [0.15, 0.2) is 18.2 Å². The molecule has 4 N–H and O–H groups in total. The zero-order valence-electron chi connectivity index (χ0n) is 9.03. The van der Waals surface area contributed by atoms with Crippen molar-refractivity contribution in [3.05, 3.63) is 35.1 Å². The van der Waals surface area contributed by atoms with Gasteiger partial charge in [-0.1, -0.05) is 24.4 Å². The average molecular weight is 277 g/mol. The van der Waals surface area contributed by atoms with Gasteiger partial charge in [-0.15, -0.1) is 0 Å². The predicted molar refractivity (Wildman–Crippen MR) is 67.1 cm³/mol. The number of hydrogen-bond acceptors (Lipinski definition) is 3. The summed E-state index contributed by atoms with van der Waals surface area (Å²) >= 11 is 4.70. The minimum Gasteiger partial charge on any atom is -0.389 e. The van der Waals surface area contributed by atoms with Crippen LogP contribution in [0.1, 0.15) is 11.1 Å². The molecule has 0 saturated heterocycles. The van der Waals surface area contributed by atoms with Gasteiger partial charge in [-0.3, -0.25) is 0 Å². The van der Waals surface area contributed by atoms with Crippen molar-refractivity contribution in [1.29, 1.82) is 0 Å². The summed E-state index contributed by atoms with van der Waals surface area (Å²) in [7, 11) is -2.32. The van der Waals surface area contributed by atoms with Gasteiger partial charge >= 0.3 is 0 Å². The molecule has 17 heavy (non-hydrogen) atoms. The Labute approximate surface area is 104 Å². The fourth-order valence-electron chi connectivity index (χ4n) is 1.09. The number of benzene rings is 1. The van der Waals surface area contributed by atoms with Crippen molar-refractivity contribution < 1.29 is 12.8 Å². The molecular weight excluding hydrogens is 265 g/mol. The Bertz CT molecular complexity index is 531. The highest BCUT2D eigenvalue weighted by molar-refractivity contribution is 7.87. The molecule has 0 radical (unpaired) electrons. The van der Waals surface area contributed by atoms with Crippen LogP contribution in [-0.4, -0.2) is 20.5 Å². The normalized spacial score (nSPS) is 11.4. The minimum absolute atomic E-state index is 0.0891. The molecule has 0 unspecified atom stereocenters. The summed E-state index contributed by atoms with van der Waals surface area (Å²) < 4.78 is 39.9. The SMILES string of the molecule is CNS(=O)(=O)NCc1ccc(C(N)=S)cc1F. The van der Waals surface area contributed by atoms with E-state index >= 15 is 0 Å². The van der Waals surface area contributed by atoms with Crippen LogP contribution in [0.2, 0.25) is 0 Å². The molecule has 0 fully saturated rings. The molecule has 0 amide bonds. The molecule has 0 spiro atoms. The van der Waals surface area contributed by atoms with Crippen LogP contribution in [0.25, 0.3) is 0 Å². The predicted octanol–water partition coefficient (Wildman–Crippen LogP) is 0.0137. The molecule has 1 rings (SSSR count). The van der Waals surface area contributed by atoms with Gasteiger partial charge in [-0.25, -0.2) is 9.11 Å². The summed E-state index contributed by atoms with van der Waals surface area (Å²) in [6, 6.07) is 4.14. The molecule has 1 aromatic carbocycles. The van der Waals surface area contributed by atoms with E-state index in [9.17, 15) is 12.8 Å². The van der Waals surface area contributed by atoms with Gasteiger partial charge in [0.1, 0.15) is 10.8 Å². The average Bonchev–Trinajstić information content (AvgIpc) is 2.27. The Hall–Kier alpha value is -1.09. The largest absolute Gasteiger partial charge is 0.389 e. The van der Waals surface area contributed by atoms with Crippen LogP contribution in [-0.2, 0) is 16.8 Å². The number of halogens is 1. The summed E-state index contributed by atoms with van der Waals surface area (Å²) in [4.78, 5) is 0.0891. The number of thiocarbonyl (C=S) groups is 1. The molecule has 0 aliphatic rings. The number of nitrogens with two attached hydrogens (primary N) is 1. The van der Waals surface area contributed by atoms with Crippen LogP contribution in [0.3, 0.4) is 0 Å². The standard InChI is InChI=1S/C9H12FN3O2S2/c1-12-17(14,15)13-5-7-3-2-6(9(11)16)4-8(7)10/h2-4,12-13H,5H2,1H3,(H2,11,16). The topological polar surface area (TPSA) is 84.2 Å². The fourth-order valence-corrected chi connectivity index (χ4v) is 1.71. The molecule has 0 aliphatic heterocycles. The van der Waals surface area contributed by atoms with Gasteiger partial charge in [0.25, 0.3) is 10.2 Å². The molecular formula is C9H12FN3O2S2. The first kappa shape index (κ1) is 14.0. The second kappa shape index (κ2) is 5.50. The van der Waals surface area contributed by atoms with Crippen LogP contribution >= 0.6 is 12.2 Å². The second-order valence-corrected chi connectivity index (χ2v) is 5.34. The van der Waals surface area contributed by atoms with Crippen LogP contribution < -0.4 is 15.2 Å². The smallest absolute Gasteiger partial charge is 0.276 e. The van der Waals surface area contributed by atoms with Gasteiger partial charge in [0, 0.05) is 24.7 Å². The first-order valence-corrected chi connectivity index (χ1v) is 6.51. The van der Waals surface area contributed by atoms with Crippen molar-refractivity contribution in [3.8, 4) is 0 Å². The Morgan fingerprint density at radius 2 is 2.18 bits per heavy atom. The first-order chi connectivity index (χ1) is 7.85. The van der Waals surface area contributed by atoms with Gasteiger partial charge < -0.3 is 5.73 Å². The van der Waals surface area contributed by atoms with Crippen molar-refractivity contribution in [2.75, 3.05) is 7.05 Å². The van der Waals surface area contributed by atoms with Crippen molar-refractivity contribution in [3.63, 3.8) is 0 Å². The maximum Gasteiger partial charge on any atom is 0.276 e. The lowest BCUT2D eigenvalue weighted by molar-refractivity contribution is 0.567. The third-order valence-electron chi connectivity index (χ3n) is 2.06. The molecule has 94 valence electrons. The third-order valence-corrected chi connectivity index (χ3v) is 3.36. The minimum atomic E-state index is -3.58. The van der Waals surface area contributed by atoms with Gasteiger partial charge in [-0.05, 0) is 6.07 Å². The zero-order chi connectivity index (χ0) is 13.1. The lowest BCUT2D eigenvalue weighted by Crippen LogP contribution is -2.33. The molecule has 1 aromatic rings. The highest BCUT2D eigenvalue weighted by Gasteiger charge is 2.09. The number of nitrogens with one attached hydrogen (secondary N) is 2. The molecule has 0 atom stereocenters. The maximum atomic E-state index is 13.5. The summed E-state index contributed by atoms with van der Waals surface area (Å²) in [5, 5.41) is 0. The van der Waals surface area contributed by atoms with Crippen molar-refractivity contribution >= 4 is 27.4 Å². The monoisotopic (exact) mass is 277 g/mol.